The van der Waals surface area contributed by atoms with Crippen LogP contribution in [0.5, 0.6) is 0 Å². The fourth-order valence-electron chi connectivity index (χ4n) is 1.70. The largest absolute Gasteiger partial charge is 0.271 e. The smallest absolute Gasteiger partial charge is 0.141 e. The molecule has 1 aromatic heterocycles. The van der Waals surface area contributed by atoms with Gasteiger partial charge in [0.15, 0.2) is 0 Å². The predicted octanol–water partition coefficient (Wildman–Crippen LogP) is 2.74. The molecule has 0 aliphatic carbocycles. The minimum Gasteiger partial charge on any atom is -0.271 e. The van der Waals surface area contributed by atoms with Crippen LogP contribution in [-0.4, -0.2) is 4.98 Å². The number of nitrogens with zero attached hydrogens (tertiary/aromatic N) is 1. The van der Waals surface area contributed by atoms with Crippen LogP contribution in [0.15, 0.2) is 36.5 Å². The molecule has 0 bridgehead atoms. The second kappa shape index (κ2) is 5.44. The number of nitrogens with two attached hydrogens (primary N) is 1. The number of rotatable bonds is 3. The van der Waals surface area contributed by atoms with Crippen molar-refractivity contribution < 1.29 is 4.39 Å². The maximum atomic E-state index is 12.8. The first kappa shape index (κ1) is 13.0. The summed E-state index contributed by atoms with van der Waals surface area (Å²) in [5.41, 5.74) is 5.17. The third-order valence-corrected chi connectivity index (χ3v) is 3.15. The predicted molar refractivity (Wildman–Crippen MR) is 69.6 cm³/mol. The van der Waals surface area contributed by atoms with E-state index in [0.717, 1.165) is 17.3 Å². The van der Waals surface area contributed by atoms with Crippen molar-refractivity contribution in [2.75, 3.05) is 0 Å². The van der Waals surface area contributed by atoms with Crippen LogP contribution in [0.4, 0.5) is 4.39 Å². The summed E-state index contributed by atoms with van der Waals surface area (Å²) in [6.45, 7) is 1.92. The molecule has 18 heavy (non-hydrogen) atoms. The van der Waals surface area contributed by atoms with E-state index in [0.29, 0.717) is 10.7 Å². The zero-order valence-corrected chi connectivity index (χ0v) is 10.6. The third-order valence-electron chi connectivity index (χ3n) is 2.74. The van der Waals surface area contributed by atoms with Crippen molar-refractivity contribution in [1.82, 2.24) is 10.4 Å². The first-order valence-corrected chi connectivity index (χ1v) is 5.83. The van der Waals surface area contributed by atoms with E-state index in [1.165, 1.54) is 6.07 Å². The van der Waals surface area contributed by atoms with Crippen LogP contribution in [0.3, 0.4) is 0 Å². The SMILES string of the molecule is Cc1ccc(C(NN)c2ccc(F)cn2)cc1Cl. The Morgan fingerprint density at radius 3 is 2.67 bits per heavy atom. The highest BCUT2D eigenvalue weighted by Gasteiger charge is 2.14. The molecule has 0 aliphatic heterocycles. The van der Waals surface area contributed by atoms with E-state index in [1.807, 2.05) is 25.1 Å². The summed E-state index contributed by atoms with van der Waals surface area (Å²) in [5.74, 6) is 5.16. The second-order valence-electron chi connectivity index (χ2n) is 4.01. The van der Waals surface area contributed by atoms with Crippen molar-refractivity contribution in [2.45, 2.75) is 13.0 Å². The lowest BCUT2D eigenvalue weighted by Gasteiger charge is -2.16. The Labute approximate surface area is 110 Å². The summed E-state index contributed by atoms with van der Waals surface area (Å²) in [6.07, 6.45) is 1.16. The molecule has 0 spiro atoms. The van der Waals surface area contributed by atoms with E-state index in [9.17, 15) is 4.39 Å². The molecule has 1 aromatic carbocycles. The number of aryl methyl sites for hydroxylation is 1. The molecule has 0 saturated carbocycles. The maximum absolute atomic E-state index is 12.8. The summed E-state index contributed by atoms with van der Waals surface area (Å²) in [6, 6.07) is 8.27. The highest BCUT2D eigenvalue weighted by Crippen LogP contribution is 2.24. The molecular formula is C13H13ClFN3. The Balaban J connectivity index is 2.38. The van der Waals surface area contributed by atoms with Gasteiger partial charge in [-0.05, 0) is 36.2 Å². The summed E-state index contributed by atoms with van der Waals surface area (Å²) in [4.78, 5) is 4.02. The number of nitrogens with one attached hydrogen (secondary N) is 1. The molecule has 3 N–H and O–H groups in total. The number of hydrazine groups is 1. The quantitative estimate of drug-likeness (QED) is 0.663. The van der Waals surface area contributed by atoms with Gasteiger partial charge in [0.05, 0.1) is 17.9 Å². The lowest BCUT2D eigenvalue weighted by molar-refractivity contribution is 0.596. The van der Waals surface area contributed by atoms with Crippen LogP contribution < -0.4 is 11.3 Å². The van der Waals surface area contributed by atoms with E-state index in [2.05, 4.69) is 10.4 Å². The number of hydrogen-bond acceptors (Lipinski definition) is 3. The summed E-state index contributed by atoms with van der Waals surface area (Å²) in [5, 5.41) is 0.662. The van der Waals surface area contributed by atoms with Crippen LogP contribution in [0.1, 0.15) is 22.9 Å². The average molecular weight is 266 g/mol. The lowest BCUT2D eigenvalue weighted by Crippen LogP contribution is -2.29. The zero-order chi connectivity index (χ0) is 13.1. The number of aromatic nitrogens is 1. The van der Waals surface area contributed by atoms with Gasteiger partial charge in [0.25, 0.3) is 0 Å². The fraction of sp³-hybridized carbons (Fsp3) is 0.154. The lowest BCUT2D eigenvalue weighted by atomic mass is 10.0. The number of halogens is 2. The van der Waals surface area contributed by atoms with Crippen molar-refractivity contribution in [3.63, 3.8) is 0 Å². The normalized spacial score (nSPS) is 12.4. The molecule has 3 nitrogen and oxygen atoms in total. The molecule has 1 heterocycles. The molecule has 0 saturated heterocycles. The van der Waals surface area contributed by atoms with Gasteiger partial charge in [0, 0.05) is 5.02 Å². The van der Waals surface area contributed by atoms with Crippen LogP contribution in [-0.2, 0) is 0 Å². The Kier molecular flexibility index (Phi) is 3.91. The van der Waals surface area contributed by atoms with Gasteiger partial charge in [0.1, 0.15) is 5.82 Å². The van der Waals surface area contributed by atoms with Gasteiger partial charge < -0.3 is 0 Å². The highest BCUT2D eigenvalue weighted by molar-refractivity contribution is 6.31. The zero-order valence-electron chi connectivity index (χ0n) is 9.82. The molecule has 5 heteroatoms. The van der Waals surface area contributed by atoms with Gasteiger partial charge >= 0.3 is 0 Å². The molecule has 1 unspecified atom stereocenters. The topological polar surface area (TPSA) is 50.9 Å². The van der Waals surface area contributed by atoms with Gasteiger partial charge in [-0.3, -0.25) is 10.8 Å². The maximum Gasteiger partial charge on any atom is 0.141 e. The summed E-state index contributed by atoms with van der Waals surface area (Å²) >= 11 is 6.08. The molecule has 0 amide bonds. The second-order valence-corrected chi connectivity index (χ2v) is 4.42. The molecule has 2 rings (SSSR count). The standard InChI is InChI=1S/C13H13ClFN3/c1-8-2-3-9(6-11(8)14)13(18-16)12-5-4-10(15)7-17-12/h2-7,13,18H,16H2,1H3. The molecule has 0 aliphatic rings. The Morgan fingerprint density at radius 1 is 1.33 bits per heavy atom. The monoisotopic (exact) mass is 265 g/mol. The van der Waals surface area contributed by atoms with Gasteiger partial charge in [-0.15, -0.1) is 0 Å². The van der Waals surface area contributed by atoms with E-state index < -0.39 is 0 Å². The van der Waals surface area contributed by atoms with Crippen molar-refractivity contribution in [2.24, 2.45) is 5.84 Å². The van der Waals surface area contributed by atoms with Crippen molar-refractivity contribution >= 4 is 11.6 Å². The Hall–Kier alpha value is -1.49. The first-order valence-electron chi connectivity index (χ1n) is 5.45. The first-order chi connectivity index (χ1) is 8.61. The number of pyridine rings is 1. The Morgan fingerprint density at radius 2 is 2.11 bits per heavy atom. The number of hydrogen-bond donors (Lipinski definition) is 2. The van der Waals surface area contributed by atoms with Crippen LogP contribution >= 0.6 is 11.6 Å². The van der Waals surface area contributed by atoms with E-state index in [1.54, 1.807) is 6.07 Å². The average Bonchev–Trinajstić information content (AvgIpc) is 2.37. The molecular weight excluding hydrogens is 253 g/mol. The fourth-order valence-corrected chi connectivity index (χ4v) is 1.89. The Bertz CT molecular complexity index is 542. The minimum atomic E-state index is -0.378. The minimum absolute atomic E-state index is 0.316. The molecule has 2 aromatic rings. The van der Waals surface area contributed by atoms with Crippen LogP contribution in [0.25, 0.3) is 0 Å². The van der Waals surface area contributed by atoms with Crippen molar-refractivity contribution in [3.05, 3.63) is 64.2 Å². The van der Waals surface area contributed by atoms with Crippen LogP contribution in [0, 0.1) is 12.7 Å². The molecule has 1 atom stereocenters. The molecule has 0 radical (unpaired) electrons. The molecule has 0 fully saturated rings. The van der Waals surface area contributed by atoms with Gasteiger partial charge in [0.2, 0.25) is 0 Å². The van der Waals surface area contributed by atoms with Gasteiger partial charge in [-0.2, -0.15) is 0 Å². The van der Waals surface area contributed by atoms with E-state index >= 15 is 0 Å². The molecule has 94 valence electrons. The van der Waals surface area contributed by atoms with Gasteiger partial charge in [-0.1, -0.05) is 23.7 Å². The van der Waals surface area contributed by atoms with Crippen LogP contribution in [0.2, 0.25) is 5.02 Å². The van der Waals surface area contributed by atoms with Gasteiger partial charge in [-0.25, -0.2) is 9.82 Å². The van der Waals surface area contributed by atoms with E-state index in [-0.39, 0.29) is 11.9 Å². The van der Waals surface area contributed by atoms with Crippen molar-refractivity contribution in [1.29, 1.82) is 0 Å². The summed E-state index contributed by atoms with van der Waals surface area (Å²) < 4.78 is 12.8. The van der Waals surface area contributed by atoms with E-state index in [4.69, 9.17) is 17.4 Å². The highest BCUT2D eigenvalue weighted by atomic mass is 35.5. The third kappa shape index (κ3) is 2.67. The summed E-state index contributed by atoms with van der Waals surface area (Å²) in [7, 11) is 0. The van der Waals surface area contributed by atoms with Crippen molar-refractivity contribution in [3.8, 4) is 0 Å². The number of benzene rings is 1.